The van der Waals surface area contributed by atoms with E-state index in [1.807, 2.05) is 43.3 Å². The zero-order chi connectivity index (χ0) is 27.9. The van der Waals surface area contributed by atoms with E-state index in [0.29, 0.717) is 29.4 Å². The van der Waals surface area contributed by atoms with Crippen LogP contribution in [0.25, 0.3) is 11.1 Å². The van der Waals surface area contributed by atoms with Crippen molar-refractivity contribution in [3.05, 3.63) is 83.9 Å². The Morgan fingerprint density at radius 2 is 1.28 bits per heavy atom. The van der Waals surface area contributed by atoms with Gasteiger partial charge in [0.1, 0.15) is 11.5 Å². The molecule has 1 atom stereocenters. The number of carbonyl (C=O) groups is 2. The first-order valence-electron chi connectivity index (χ1n) is 14.2. The minimum atomic E-state index is -0.405. The summed E-state index contributed by atoms with van der Waals surface area (Å²) in [5.41, 5.74) is 3.33. The molecule has 4 nitrogen and oxygen atoms in total. The van der Waals surface area contributed by atoms with E-state index in [4.69, 9.17) is 9.47 Å². The zero-order valence-electron chi connectivity index (χ0n) is 23.5. The normalized spacial score (nSPS) is 11.3. The van der Waals surface area contributed by atoms with Gasteiger partial charge in [-0.25, -0.2) is 4.79 Å². The summed E-state index contributed by atoms with van der Waals surface area (Å²) >= 11 is 0. The second-order valence-corrected chi connectivity index (χ2v) is 10.0. The van der Waals surface area contributed by atoms with Crippen molar-refractivity contribution in [3.8, 4) is 34.5 Å². The van der Waals surface area contributed by atoms with E-state index in [1.165, 1.54) is 32.1 Å². The summed E-state index contributed by atoms with van der Waals surface area (Å²) in [5.74, 6) is 7.11. The molecule has 204 valence electrons. The van der Waals surface area contributed by atoms with Crippen LogP contribution in [0.1, 0.15) is 94.5 Å². The second-order valence-electron chi connectivity index (χ2n) is 10.0. The van der Waals surface area contributed by atoms with Crippen molar-refractivity contribution in [3.63, 3.8) is 0 Å². The lowest BCUT2D eigenvalue weighted by molar-refractivity contribution is -0.135. The fourth-order valence-corrected chi connectivity index (χ4v) is 4.05. The molecule has 0 radical (unpaired) electrons. The Kier molecular flexibility index (Phi) is 12.3. The van der Waals surface area contributed by atoms with Gasteiger partial charge in [-0.2, -0.15) is 0 Å². The number of unbranched alkanes of at least 4 members (excludes halogenated alkanes) is 6. The summed E-state index contributed by atoms with van der Waals surface area (Å²) in [6.45, 7) is 6.33. The molecule has 4 heteroatoms. The molecule has 39 heavy (non-hydrogen) atoms. The van der Waals surface area contributed by atoms with Gasteiger partial charge in [-0.05, 0) is 72.0 Å². The lowest BCUT2D eigenvalue weighted by atomic mass is 10.1. The Morgan fingerprint density at radius 3 is 1.87 bits per heavy atom. The third-order valence-corrected chi connectivity index (χ3v) is 6.70. The second kappa shape index (κ2) is 16.2. The highest BCUT2D eigenvalue weighted by atomic mass is 16.5. The van der Waals surface area contributed by atoms with Gasteiger partial charge in [0.15, 0.2) is 0 Å². The van der Waals surface area contributed by atoms with E-state index >= 15 is 0 Å². The minimum Gasteiger partial charge on any atom is -0.427 e. The summed E-state index contributed by atoms with van der Waals surface area (Å²) < 4.78 is 11.0. The topological polar surface area (TPSA) is 52.6 Å². The summed E-state index contributed by atoms with van der Waals surface area (Å²) in [7, 11) is 0. The average molecular weight is 525 g/mol. The molecule has 0 aliphatic heterocycles. The van der Waals surface area contributed by atoms with E-state index in [0.717, 1.165) is 36.0 Å². The number of esters is 2. The van der Waals surface area contributed by atoms with E-state index < -0.39 is 5.97 Å². The molecule has 0 amide bonds. The maximum atomic E-state index is 12.6. The number of benzene rings is 3. The molecule has 0 aliphatic rings. The molecule has 0 saturated carbocycles. The molecule has 0 aliphatic carbocycles. The summed E-state index contributed by atoms with van der Waals surface area (Å²) in [5, 5.41) is 0. The van der Waals surface area contributed by atoms with Crippen LogP contribution in [0.15, 0.2) is 72.8 Å². The SMILES string of the molecule is CCCCCCCCC#Cc1ccc(C(=O)Oc2ccc(-c3ccc(OC(=O)CC(C)CC)cc3)cc2)cc1. The largest absolute Gasteiger partial charge is 0.427 e. The Labute approximate surface area is 233 Å². The average Bonchev–Trinajstić information content (AvgIpc) is 2.95. The van der Waals surface area contributed by atoms with Crippen LogP contribution in [0.3, 0.4) is 0 Å². The molecule has 3 aromatic rings. The maximum absolute atomic E-state index is 12.6. The number of hydrogen-bond donors (Lipinski definition) is 0. The van der Waals surface area contributed by atoms with Gasteiger partial charge in [0.2, 0.25) is 0 Å². The zero-order valence-corrected chi connectivity index (χ0v) is 23.5. The predicted octanol–water partition coefficient (Wildman–Crippen LogP) is 9.02. The van der Waals surface area contributed by atoms with Gasteiger partial charge in [-0.3, -0.25) is 4.79 Å². The Morgan fingerprint density at radius 1 is 0.718 bits per heavy atom. The number of hydrogen-bond acceptors (Lipinski definition) is 4. The maximum Gasteiger partial charge on any atom is 0.343 e. The first-order valence-corrected chi connectivity index (χ1v) is 14.2. The fraction of sp³-hybridized carbons (Fsp3) is 0.371. The highest BCUT2D eigenvalue weighted by molar-refractivity contribution is 5.91. The smallest absolute Gasteiger partial charge is 0.343 e. The van der Waals surface area contributed by atoms with Crippen molar-refractivity contribution in [2.45, 2.75) is 78.6 Å². The summed E-state index contributed by atoms with van der Waals surface area (Å²) in [6, 6.07) is 22.0. The quantitative estimate of drug-likeness (QED) is 0.0969. The fourth-order valence-electron chi connectivity index (χ4n) is 4.05. The molecule has 0 bridgehead atoms. The van der Waals surface area contributed by atoms with Gasteiger partial charge in [-0.1, -0.05) is 95.4 Å². The van der Waals surface area contributed by atoms with Gasteiger partial charge < -0.3 is 9.47 Å². The Hall–Kier alpha value is -3.84. The lowest BCUT2D eigenvalue weighted by Gasteiger charge is -2.09. The molecule has 0 heterocycles. The monoisotopic (exact) mass is 524 g/mol. The Bertz CT molecular complexity index is 1230. The standard InChI is InChI=1S/C35H40O4/c1-4-6-7-8-9-10-11-12-13-28-14-16-31(17-15-28)35(37)39-33-24-20-30(21-25-33)29-18-22-32(23-19-29)38-34(36)26-27(3)5-2/h14-25,27H,4-11,26H2,1-3H3. The molecule has 3 rings (SSSR count). The van der Waals surface area contributed by atoms with Crippen molar-refractivity contribution in [1.29, 1.82) is 0 Å². The molecule has 1 unspecified atom stereocenters. The first-order chi connectivity index (χ1) is 19.0. The van der Waals surface area contributed by atoms with Crippen LogP contribution in [0, 0.1) is 17.8 Å². The molecule has 3 aromatic carbocycles. The van der Waals surface area contributed by atoms with Gasteiger partial charge in [0.25, 0.3) is 0 Å². The minimum absolute atomic E-state index is 0.214. The van der Waals surface area contributed by atoms with Crippen molar-refractivity contribution >= 4 is 11.9 Å². The summed E-state index contributed by atoms with van der Waals surface area (Å²) in [4.78, 5) is 24.6. The van der Waals surface area contributed by atoms with Crippen molar-refractivity contribution in [2.75, 3.05) is 0 Å². The van der Waals surface area contributed by atoms with Crippen molar-refractivity contribution in [1.82, 2.24) is 0 Å². The van der Waals surface area contributed by atoms with Crippen LogP contribution < -0.4 is 9.47 Å². The summed E-state index contributed by atoms with van der Waals surface area (Å²) in [6.07, 6.45) is 9.84. The molecule has 0 aromatic heterocycles. The lowest BCUT2D eigenvalue weighted by Crippen LogP contribution is -2.11. The van der Waals surface area contributed by atoms with Crippen LogP contribution in [0.2, 0.25) is 0 Å². The van der Waals surface area contributed by atoms with Crippen molar-refractivity contribution in [2.24, 2.45) is 5.92 Å². The third-order valence-electron chi connectivity index (χ3n) is 6.70. The Balaban J connectivity index is 1.47. The highest BCUT2D eigenvalue weighted by Crippen LogP contribution is 2.25. The molecule has 0 saturated heterocycles. The number of ether oxygens (including phenoxy) is 2. The van der Waals surface area contributed by atoms with Gasteiger partial charge in [0.05, 0.1) is 5.56 Å². The van der Waals surface area contributed by atoms with Crippen LogP contribution in [0.4, 0.5) is 0 Å². The van der Waals surface area contributed by atoms with Crippen LogP contribution >= 0.6 is 0 Å². The number of rotatable bonds is 13. The number of carbonyl (C=O) groups excluding carboxylic acids is 2. The molecule has 0 N–H and O–H groups in total. The van der Waals surface area contributed by atoms with E-state index in [-0.39, 0.29) is 5.97 Å². The van der Waals surface area contributed by atoms with E-state index in [1.54, 1.807) is 36.4 Å². The molecular weight excluding hydrogens is 484 g/mol. The van der Waals surface area contributed by atoms with Crippen LogP contribution in [0.5, 0.6) is 11.5 Å². The highest BCUT2D eigenvalue weighted by Gasteiger charge is 2.11. The molecular formula is C35H40O4. The first kappa shape index (κ1) is 29.7. The van der Waals surface area contributed by atoms with Gasteiger partial charge in [-0.15, -0.1) is 0 Å². The van der Waals surface area contributed by atoms with Crippen LogP contribution in [-0.4, -0.2) is 11.9 Å². The third kappa shape index (κ3) is 10.4. The van der Waals surface area contributed by atoms with Crippen LogP contribution in [-0.2, 0) is 4.79 Å². The van der Waals surface area contributed by atoms with Crippen molar-refractivity contribution < 1.29 is 19.1 Å². The van der Waals surface area contributed by atoms with E-state index in [9.17, 15) is 9.59 Å². The van der Waals surface area contributed by atoms with Gasteiger partial charge in [0, 0.05) is 18.4 Å². The van der Waals surface area contributed by atoms with E-state index in [2.05, 4.69) is 25.7 Å². The van der Waals surface area contributed by atoms with Gasteiger partial charge >= 0.3 is 11.9 Å². The molecule has 0 spiro atoms. The molecule has 0 fully saturated rings. The predicted molar refractivity (Wildman–Crippen MR) is 158 cm³/mol.